The Morgan fingerprint density at radius 3 is 2.58 bits per heavy atom. The second kappa shape index (κ2) is 7.08. The van der Waals surface area contributed by atoms with Crippen molar-refractivity contribution in [3.8, 4) is 11.5 Å². The van der Waals surface area contributed by atoms with E-state index < -0.39 is 0 Å². The van der Waals surface area contributed by atoms with Crippen LogP contribution in [-0.2, 0) is 6.42 Å². The summed E-state index contributed by atoms with van der Waals surface area (Å²) in [5, 5.41) is 4.20. The highest BCUT2D eigenvalue weighted by Gasteiger charge is 2.06. The molecule has 24 heavy (non-hydrogen) atoms. The van der Waals surface area contributed by atoms with Crippen LogP contribution in [0.15, 0.2) is 57.7 Å². The lowest BCUT2D eigenvalue weighted by Crippen LogP contribution is -2.08. The minimum absolute atomic E-state index is 0.359. The molecule has 1 heterocycles. The first-order valence-electron chi connectivity index (χ1n) is 7.69. The Morgan fingerprint density at radius 2 is 1.79 bits per heavy atom. The summed E-state index contributed by atoms with van der Waals surface area (Å²) in [6.45, 7) is 0.683. The number of nitrogens with one attached hydrogen (secondary N) is 1. The van der Waals surface area contributed by atoms with E-state index >= 15 is 0 Å². The standard InChI is InChI=1S/C19H19NO4/c1-22-17-8-7-13(11-18(17)23-2)9-10-20-15-12-19(21)24-16-6-4-3-5-14(15)16/h3-8,11-12,20H,9-10H2,1-2H3. The maximum atomic E-state index is 11.7. The fraction of sp³-hybridized carbons (Fsp3) is 0.211. The number of rotatable bonds is 6. The van der Waals surface area contributed by atoms with Crippen molar-refractivity contribution < 1.29 is 13.9 Å². The first kappa shape index (κ1) is 15.9. The van der Waals surface area contributed by atoms with Crippen LogP contribution in [0.4, 0.5) is 5.69 Å². The van der Waals surface area contributed by atoms with Crippen LogP contribution in [0.1, 0.15) is 5.56 Å². The molecule has 1 N–H and O–H groups in total. The third-order valence-electron chi connectivity index (χ3n) is 3.83. The number of benzene rings is 2. The second-order valence-corrected chi connectivity index (χ2v) is 5.34. The lowest BCUT2D eigenvalue weighted by molar-refractivity contribution is 0.354. The summed E-state index contributed by atoms with van der Waals surface area (Å²) in [6, 6.07) is 14.8. The predicted molar refractivity (Wildman–Crippen MR) is 94.2 cm³/mol. The Labute approximate surface area is 139 Å². The average Bonchev–Trinajstić information content (AvgIpc) is 2.61. The molecule has 0 aliphatic heterocycles. The molecule has 0 aliphatic carbocycles. The van der Waals surface area contributed by atoms with Crippen LogP contribution in [0.3, 0.4) is 0 Å². The van der Waals surface area contributed by atoms with Gasteiger partial charge in [0.15, 0.2) is 11.5 Å². The van der Waals surface area contributed by atoms with Crippen LogP contribution in [0.25, 0.3) is 11.0 Å². The Hall–Kier alpha value is -2.95. The third kappa shape index (κ3) is 3.35. The predicted octanol–water partition coefficient (Wildman–Crippen LogP) is 3.46. The Balaban J connectivity index is 1.74. The third-order valence-corrected chi connectivity index (χ3v) is 3.83. The van der Waals surface area contributed by atoms with Gasteiger partial charge in [-0.05, 0) is 36.2 Å². The SMILES string of the molecule is COc1ccc(CCNc2cc(=O)oc3ccccc23)cc1OC. The van der Waals surface area contributed by atoms with E-state index in [9.17, 15) is 4.79 Å². The van der Waals surface area contributed by atoms with E-state index in [-0.39, 0.29) is 5.63 Å². The zero-order valence-electron chi connectivity index (χ0n) is 13.7. The molecule has 0 bridgehead atoms. The highest BCUT2D eigenvalue weighted by molar-refractivity contribution is 5.89. The van der Waals surface area contributed by atoms with Crippen LogP contribution >= 0.6 is 0 Å². The maximum Gasteiger partial charge on any atom is 0.338 e. The lowest BCUT2D eigenvalue weighted by Gasteiger charge is -2.11. The topological polar surface area (TPSA) is 60.7 Å². The summed E-state index contributed by atoms with van der Waals surface area (Å²) in [4.78, 5) is 11.7. The molecule has 0 fully saturated rings. The smallest absolute Gasteiger partial charge is 0.338 e. The summed E-state index contributed by atoms with van der Waals surface area (Å²) >= 11 is 0. The fourth-order valence-electron chi connectivity index (χ4n) is 2.64. The summed E-state index contributed by atoms with van der Waals surface area (Å²) in [5.74, 6) is 1.42. The van der Waals surface area contributed by atoms with Crippen molar-refractivity contribution >= 4 is 16.7 Å². The molecule has 0 radical (unpaired) electrons. The van der Waals surface area contributed by atoms with Gasteiger partial charge in [-0.3, -0.25) is 0 Å². The number of hydrogen-bond acceptors (Lipinski definition) is 5. The van der Waals surface area contributed by atoms with Crippen molar-refractivity contribution in [2.24, 2.45) is 0 Å². The molecule has 3 rings (SSSR count). The van der Waals surface area contributed by atoms with Crippen molar-refractivity contribution in [2.45, 2.75) is 6.42 Å². The number of methoxy groups -OCH3 is 2. The van der Waals surface area contributed by atoms with Gasteiger partial charge in [-0.2, -0.15) is 0 Å². The first-order valence-corrected chi connectivity index (χ1v) is 7.69. The van der Waals surface area contributed by atoms with Crippen LogP contribution in [0, 0.1) is 0 Å². The molecule has 0 saturated carbocycles. The number of ether oxygens (including phenoxy) is 2. The summed E-state index contributed by atoms with van der Waals surface area (Å²) < 4.78 is 15.8. The van der Waals surface area contributed by atoms with Gasteiger partial charge < -0.3 is 19.2 Å². The quantitative estimate of drug-likeness (QED) is 0.703. The molecule has 0 amide bonds. The molecule has 5 nitrogen and oxygen atoms in total. The van der Waals surface area contributed by atoms with Gasteiger partial charge in [0, 0.05) is 18.0 Å². The minimum Gasteiger partial charge on any atom is -0.493 e. The van der Waals surface area contributed by atoms with Gasteiger partial charge in [-0.1, -0.05) is 18.2 Å². The van der Waals surface area contributed by atoms with Crippen LogP contribution < -0.4 is 20.4 Å². The van der Waals surface area contributed by atoms with Gasteiger partial charge in [0.1, 0.15) is 5.58 Å². The number of fused-ring (bicyclic) bond motifs is 1. The van der Waals surface area contributed by atoms with Crippen LogP contribution in [0.2, 0.25) is 0 Å². The zero-order chi connectivity index (χ0) is 16.9. The minimum atomic E-state index is -0.359. The molecule has 2 aromatic carbocycles. The molecule has 3 aromatic rings. The van der Waals surface area contributed by atoms with Gasteiger partial charge in [0.25, 0.3) is 0 Å². The lowest BCUT2D eigenvalue weighted by atomic mass is 10.1. The number of para-hydroxylation sites is 1. The molecule has 124 valence electrons. The average molecular weight is 325 g/mol. The van der Waals surface area contributed by atoms with Crippen molar-refractivity contribution in [3.63, 3.8) is 0 Å². The maximum absolute atomic E-state index is 11.7. The molecule has 1 aromatic heterocycles. The van der Waals surface area contributed by atoms with E-state index in [1.54, 1.807) is 20.3 Å². The van der Waals surface area contributed by atoms with Gasteiger partial charge >= 0.3 is 5.63 Å². The number of anilines is 1. The van der Waals surface area contributed by atoms with Crippen molar-refractivity contribution in [1.82, 2.24) is 0 Å². The van der Waals surface area contributed by atoms with Crippen LogP contribution in [0.5, 0.6) is 11.5 Å². The van der Waals surface area contributed by atoms with E-state index in [0.717, 1.165) is 23.1 Å². The van der Waals surface area contributed by atoms with Crippen LogP contribution in [-0.4, -0.2) is 20.8 Å². The molecule has 5 heteroatoms. The molecule has 0 atom stereocenters. The molecular formula is C19H19NO4. The second-order valence-electron chi connectivity index (χ2n) is 5.34. The zero-order valence-corrected chi connectivity index (χ0v) is 13.7. The fourth-order valence-corrected chi connectivity index (χ4v) is 2.64. The Kier molecular flexibility index (Phi) is 4.70. The molecule has 0 saturated heterocycles. The van der Waals surface area contributed by atoms with Crippen molar-refractivity contribution in [3.05, 3.63) is 64.5 Å². The molecule has 0 aliphatic rings. The van der Waals surface area contributed by atoms with Gasteiger partial charge in [-0.15, -0.1) is 0 Å². The monoisotopic (exact) mass is 325 g/mol. The van der Waals surface area contributed by atoms with Gasteiger partial charge in [0.2, 0.25) is 0 Å². The van der Waals surface area contributed by atoms with E-state index in [4.69, 9.17) is 13.9 Å². The van der Waals surface area contributed by atoms with Gasteiger partial charge in [-0.25, -0.2) is 4.79 Å². The molecule has 0 unspecified atom stereocenters. The highest BCUT2D eigenvalue weighted by Crippen LogP contribution is 2.28. The van der Waals surface area contributed by atoms with E-state index in [1.165, 1.54) is 6.07 Å². The summed E-state index contributed by atoms with van der Waals surface area (Å²) in [5.41, 5.74) is 2.12. The molecular weight excluding hydrogens is 306 g/mol. The largest absolute Gasteiger partial charge is 0.493 e. The highest BCUT2D eigenvalue weighted by atomic mass is 16.5. The van der Waals surface area contributed by atoms with E-state index in [2.05, 4.69) is 5.32 Å². The van der Waals surface area contributed by atoms with E-state index in [1.807, 2.05) is 36.4 Å². The summed E-state index contributed by atoms with van der Waals surface area (Å²) in [7, 11) is 3.24. The van der Waals surface area contributed by atoms with Crippen molar-refractivity contribution in [2.75, 3.05) is 26.1 Å². The molecule has 0 spiro atoms. The van der Waals surface area contributed by atoms with E-state index in [0.29, 0.717) is 23.6 Å². The Morgan fingerprint density at radius 1 is 1.00 bits per heavy atom. The summed E-state index contributed by atoms with van der Waals surface area (Å²) in [6.07, 6.45) is 0.787. The first-order chi connectivity index (χ1) is 11.7. The van der Waals surface area contributed by atoms with Crippen molar-refractivity contribution in [1.29, 1.82) is 0 Å². The number of hydrogen-bond donors (Lipinski definition) is 1. The normalized spacial score (nSPS) is 10.6. The van der Waals surface area contributed by atoms with Gasteiger partial charge in [0.05, 0.1) is 19.9 Å². The Bertz CT molecular complexity index is 901.